The molecule has 1 saturated heterocycles. The monoisotopic (exact) mass is 325 g/mol. The lowest BCUT2D eigenvalue weighted by Crippen LogP contribution is -2.49. The van der Waals surface area contributed by atoms with Crippen LogP contribution >= 0.6 is 0 Å². The molecule has 0 spiro atoms. The number of piperazine rings is 1. The number of aromatic nitrogens is 1. The van der Waals surface area contributed by atoms with Crippen LogP contribution in [0.1, 0.15) is 43.0 Å². The minimum Gasteiger partial charge on any atom is -0.298 e. The van der Waals surface area contributed by atoms with E-state index in [9.17, 15) is 4.79 Å². The lowest BCUT2D eigenvalue weighted by atomic mass is 10.1. The number of nitrogens with zero attached hydrogens (tertiary/aromatic N) is 3. The van der Waals surface area contributed by atoms with Gasteiger partial charge in [0.1, 0.15) is 0 Å². The Morgan fingerprint density at radius 2 is 1.79 bits per heavy atom. The van der Waals surface area contributed by atoms with E-state index < -0.39 is 0 Å². The van der Waals surface area contributed by atoms with Gasteiger partial charge in [-0.3, -0.25) is 19.2 Å². The summed E-state index contributed by atoms with van der Waals surface area (Å²) in [5.41, 5.74) is 2.31. The molecule has 0 amide bonds. The molecule has 1 aliphatic carbocycles. The number of carbonyl (C=O) groups excluding carboxylic acids is 1. The van der Waals surface area contributed by atoms with Crippen LogP contribution in [0.25, 0.3) is 10.9 Å². The number of benzene rings is 1. The van der Waals surface area contributed by atoms with Crippen molar-refractivity contribution in [1.29, 1.82) is 0 Å². The van der Waals surface area contributed by atoms with Gasteiger partial charge in [0.2, 0.25) is 5.91 Å². The van der Waals surface area contributed by atoms with Crippen molar-refractivity contribution < 1.29 is 4.79 Å². The normalized spacial score (nSPS) is 20.9. The smallest absolute Gasteiger partial charge is 0.227 e. The first kappa shape index (κ1) is 15.9. The summed E-state index contributed by atoms with van der Waals surface area (Å²) in [5, 5.41) is 1.21. The summed E-state index contributed by atoms with van der Waals surface area (Å²) in [7, 11) is 0. The Balaban J connectivity index is 1.46. The molecule has 0 unspecified atom stereocenters. The largest absolute Gasteiger partial charge is 0.298 e. The van der Waals surface area contributed by atoms with Crippen LogP contribution in [0.4, 0.5) is 0 Å². The fourth-order valence-electron chi connectivity index (χ4n) is 4.43. The van der Waals surface area contributed by atoms with Gasteiger partial charge in [0.15, 0.2) is 0 Å². The maximum absolute atomic E-state index is 11.9. The number of hydrogen-bond donors (Lipinski definition) is 0. The topological polar surface area (TPSA) is 28.5 Å². The van der Waals surface area contributed by atoms with E-state index in [-0.39, 0.29) is 5.91 Å². The maximum Gasteiger partial charge on any atom is 0.227 e. The highest BCUT2D eigenvalue weighted by Gasteiger charge is 2.26. The highest BCUT2D eigenvalue weighted by atomic mass is 16.1. The first-order valence-corrected chi connectivity index (χ1v) is 9.28. The summed E-state index contributed by atoms with van der Waals surface area (Å²) in [6.07, 6.45) is 7.65. The van der Waals surface area contributed by atoms with Gasteiger partial charge in [-0.1, -0.05) is 31.0 Å². The van der Waals surface area contributed by atoms with Crippen LogP contribution in [0.5, 0.6) is 0 Å². The predicted molar refractivity (Wildman–Crippen MR) is 97.3 cm³/mol. The molecule has 2 fully saturated rings. The zero-order chi connectivity index (χ0) is 16.5. The highest BCUT2D eigenvalue weighted by molar-refractivity contribution is 5.93. The Bertz CT molecular complexity index is 722. The summed E-state index contributed by atoms with van der Waals surface area (Å²) < 4.78 is 1.79. The van der Waals surface area contributed by atoms with Crippen LogP contribution in [0.3, 0.4) is 0 Å². The zero-order valence-electron chi connectivity index (χ0n) is 14.6. The van der Waals surface area contributed by atoms with Crippen LogP contribution in [-0.4, -0.2) is 52.5 Å². The third-order valence-electron chi connectivity index (χ3n) is 5.78. The van der Waals surface area contributed by atoms with Gasteiger partial charge in [0.25, 0.3) is 0 Å². The predicted octanol–water partition coefficient (Wildman–Crippen LogP) is 3.36. The van der Waals surface area contributed by atoms with E-state index >= 15 is 0 Å². The first-order valence-electron chi connectivity index (χ1n) is 9.28. The van der Waals surface area contributed by atoms with Crippen molar-refractivity contribution in [1.82, 2.24) is 14.4 Å². The standard InChI is InChI=1S/C20H27N3O/c1-16(24)23-15-17(19-8-4-5-9-20(19)23)14-21-10-12-22(13-11-21)18-6-2-3-7-18/h4-5,8-9,15,18H,2-3,6-7,10-14H2,1H3. The van der Waals surface area contributed by atoms with Gasteiger partial charge in [0.05, 0.1) is 5.52 Å². The van der Waals surface area contributed by atoms with Gasteiger partial charge in [-0.25, -0.2) is 0 Å². The fraction of sp³-hybridized carbons (Fsp3) is 0.550. The Morgan fingerprint density at radius 1 is 1.08 bits per heavy atom. The Hall–Kier alpha value is -1.65. The fourth-order valence-corrected chi connectivity index (χ4v) is 4.43. The van der Waals surface area contributed by atoms with Crippen molar-refractivity contribution in [2.24, 2.45) is 0 Å². The van der Waals surface area contributed by atoms with Gasteiger partial charge in [-0.15, -0.1) is 0 Å². The van der Waals surface area contributed by atoms with E-state index in [0.29, 0.717) is 0 Å². The van der Waals surface area contributed by atoms with Crippen molar-refractivity contribution in [3.63, 3.8) is 0 Å². The summed E-state index contributed by atoms with van der Waals surface area (Å²) >= 11 is 0. The first-order chi connectivity index (χ1) is 11.7. The second kappa shape index (κ2) is 6.69. The molecule has 1 aromatic carbocycles. The average molecular weight is 325 g/mol. The van der Waals surface area contributed by atoms with Crippen molar-refractivity contribution in [2.45, 2.75) is 45.2 Å². The van der Waals surface area contributed by atoms with E-state index in [1.165, 1.54) is 49.7 Å². The molecule has 2 aliphatic rings. The molecule has 1 saturated carbocycles. The summed E-state index contributed by atoms with van der Waals surface area (Å²) in [6, 6.07) is 9.09. The van der Waals surface area contributed by atoms with Crippen LogP contribution in [0, 0.1) is 0 Å². The molecule has 4 nitrogen and oxygen atoms in total. The molecule has 24 heavy (non-hydrogen) atoms. The molecule has 2 heterocycles. The average Bonchev–Trinajstić information content (AvgIpc) is 3.24. The third-order valence-corrected chi connectivity index (χ3v) is 5.78. The number of rotatable bonds is 3. The van der Waals surface area contributed by atoms with Crippen LogP contribution in [0.15, 0.2) is 30.5 Å². The van der Waals surface area contributed by atoms with E-state index in [1.54, 1.807) is 11.5 Å². The van der Waals surface area contributed by atoms with Crippen LogP contribution in [-0.2, 0) is 6.54 Å². The quantitative estimate of drug-likeness (QED) is 0.866. The summed E-state index contributed by atoms with van der Waals surface area (Å²) in [5.74, 6) is 0.0866. The molecule has 0 radical (unpaired) electrons. The van der Waals surface area contributed by atoms with E-state index in [1.807, 2.05) is 18.3 Å². The minimum atomic E-state index is 0.0866. The van der Waals surface area contributed by atoms with Gasteiger partial charge < -0.3 is 0 Å². The molecule has 2 aromatic rings. The molecular weight excluding hydrogens is 298 g/mol. The molecule has 0 N–H and O–H groups in total. The summed E-state index contributed by atoms with van der Waals surface area (Å²) in [6.45, 7) is 7.23. The van der Waals surface area contributed by atoms with Gasteiger partial charge >= 0.3 is 0 Å². The van der Waals surface area contributed by atoms with E-state index in [0.717, 1.165) is 31.2 Å². The molecule has 128 valence electrons. The molecule has 0 atom stereocenters. The van der Waals surface area contributed by atoms with Crippen LogP contribution in [0.2, 0.25) is 0 Å². The number of hydrogen-bond acceptors (Lipinski definition) is 3. The maximum atomic E-state index is 11.9. The minimum absolute atomic E-state index is 0.0866. The van der Waals surface area contributed by atoms with Gasteiger partial charge in [-0.2, -0.15) is 0 Å². The summed E-state index contributed by atoms with van der Waals surface area (Å²) in [4.78, 5) is 17.1. The Morgan fingerprint density at radius 3 is 2.50 bits per heavy atom. The van der Waals surface area contributed by atoms with Crippen molar-refractivity contribution in [3.05, 3.63) is 36.0 Å². The third kappa shape index (κ3) is 3.01. The number of para-hydroxylation sites is 1. The van der Waals surface area contributed by atoms with Crippen molar-refractivity contribution in [2.75, 3.05) is 26.2 Å². The second-order valence-electron chi connectivity index (χ2n) is 7.31. The molecule has 4 rings (SSSR count). The zero-order valence-corrected chi connectivity index (χ0v) is 14.6. The second-order valence-corrected chi connectivity index (χ2v) is 7.31. The molecule has 1 aromatic heterocycles. The van der Waals surface area contributed by atoms with E-state index in [4.69, 9.17) is 0 Å². The van der Waals surface area contributed by atoms with E-state index in [2.05, 4.69) is 21.9 Å². The molecule has 0 bridgehead atoms. The SMILES string of the molecule is CC(=O)n1cc(CN2CCN(C3CCCC3)CC2)c2ccccc21. The molecule has 1 aliphatic heterocycles. The van der Waals surface area contributed by atoms with Crippen molar-refractivity contribution >= 4 is 16.8 Å². The Kier molecular flexibility index (Phi) is 4.42. The van der Waals surface area contributed by atoms with Gasteiger partial charge in [-0.05, 0) is 24.5 Å². The van der Waals surface area contributed by atoms with Gasteiger partial charge in [0, 0.05) is 57.3 Å². The Labute approximate surface area is 144 Å². The molecular formula is C20H27N3O. The number of fused-ring (bicyclic) bond motifs is 1. The lowest BCUT2D eigenvalue weighted by Gasteiger charge is -2.38. The van der Waals surface area contributed by atoms with Crippen LogP contribution < -0.4 is 0 Å². The number of carbonyl (C=O) groups is 1. The van der Waals surface area contributed by atoms with Crippen molar-refractivity contribution in [3.8, 4) is 0 Å². The lowest BCUT2D eigenvalue weighted by molar-refractivity contribution is 0.0927. The molecule has 4 heteroatoms. The highest BCUT2D eigenvalue weighted by Crippen LogP contribution is 2.26.